The zero-order valence-corrected chi connectivity index (χ0v) is 6.73. The number of imide groups is 1. The summed E-state index contributed by atoms with van der Waals surface area (Å²) < 4.78 is 0. The fourth-order valence-electron chi connectivity index (χ4n) is 0.863. The van der Waals surface area contributed by atoms with Gasteiger partial charge in [-0.05, 0) is 19.1 Å². The molecule has 62 valence electrons. The third kappa shape index (κ3) is 1.69. The number of hydrogen-bond acceptors (Lipinski definition) is 2. The summed E-state index contributed by atoms with van der Waals surface area (Å²) in [6.45, 7) is 1.94. The summed E-state index contributed by atoms with van der Waals surface area (Å²) in [6.07, 6.45) is 0.968. The van der Waals surface area contributed by atoms with E-state index in [1.54, 1.807) is 12.1 Å². The molecular formula is C9H9NO2. The van der Waals surface area contributed by atoms with Gasteiger partial charge in [-0.1, -0.05) is 17.7 Å². The fraction of sp³-hybridized carbons (Fsp3) is 0.111. The number of amides is 2. The number of carbonyl (C=O) groups excluding carboxylic acids is 2. The number of carbonyl (C=O) groups is 2. The standard InChI is InChI=1S/C9H9NO2/c1-8-2-4-9(5-3-8)10(6-11)7-12/h2-7H,1H3. The molecule has 0 aliphatic heterocycles. The molecular weight excluding hydrogens is 154 g/mol. The Morgan fingerprint density at radius 2 is 1.58 bits per heavy atom. The number of hydrogen-bond donors (Lipinski definition) is 0. The van der Waals surface area contributed by atoms with Crippen molar-refractivity contribution in [2.24, 2.45) is 0 Å². The second-order valence-electron chi connectivity index (χ2n) is 2.45. The lowest BCUT2D eigenvalue weighted by Gasteiger charge is -2.07. The molecule has 1 rings (SSSR count). The van der Waals surface area contributed by atoms with Crippen molar-refractivity contribution in [1.82, 2.24) is 0 Å². The van der Waals surface area contributed by atoms with Crippen molar-refractivity contribution >= 4 is 18.5 Å². The highest BCUT2D eigenvalue weighted by Gasteiger charge is 2.00. The van der Waals surface area contributed by atoms with Crippen LogP contribution < -0.4 is 4.90 Å². The molecule has 2 amide bonds. The van der Waals surface area contributed by atoms with E-state index in [9.17, 15) is 9.59 Å². The highest BCUT2D eigenvalue weighted by molar-refractivity contribution is 5.95. The predicted molar refractivity (Wildman–Crippen MR) is 45.8 cm³/mol. The van der Waals surface area contributed by atoms with Gasteiger partial charge in [0.25, 0.3) is 0 Å². The first-order valence-corrected chi connectivity index (χ1v) is 3.53. The highest BCUT2D eigenvalue weighted by atomic mass is 16.2. The van der Waals surface area contributed by atoms with Crippen LogP contribution in [-0.2, 0) is 9.59 Å². The Morgan fingerprint density at radius 1 is 1.08 bits per heavy atom. The molecule has 0 unspecified atom stereocenters. The molecule has 0 radical (unpaired) electrons. The molecule has 1 aromatic carbocycles. The van der Waals surface area contributed by atoms with Gasteiger partial charge in [-0.15, -0.1) is 0 Å². The lowest BCUT2D eigenvalue weighted by atomic mass is 10.2. The smallest absolute Gasteiger partial charge is 0.220 e. The van der Waals surface area contributed by atoms with E-state index in [2.05, 4.69) is 0 Å². The van der Waals surface area contributed by atoms with Crippen LogP contribution in [0.15, 0.2) is 24.3 Å². The van der Waals surface area contributed by atoms with E-state index in [4.69, 9.17) is 0 Å². The van der Waals surface area contributed by atoms with E-state index in [1.807, 2.05) is 19.1 Å². The Morgan fingerprint density at radius 3 is 2.00 bits per heavy atom. The minimum atomic E-state index is 0.484. The van der Waals surface area contributed by atoms with E-state index >= 15 is 0 Å². The van der Waals surface area contributed by atoms with E-state index in [0.717, 1.165) is 10.5 Å². The predicted octanol–water partition coefficient (Wildman–Crippen LogP) is 1.11. The van der Waals surface area contributed by atoms with Crippen LogP contribution in [0.2, 0.25) is 0 Å². The normalized spacial score (nSPS) is 9.08. The first-order chi connectivity index (χ1) is 5.77. The second kappa shape index (κ2) is 3.67. The molecule has 0 aliphatic rings. The van der Waals surface area contributed by atoms with Crippen LogP contribution in [-0.4, -0.2) is 12.8 Å². The summed E-state index contributed by atoms with van der Waals surface area (Å²) in [7, 11) is 0. The van der Waals surface area contributed by atoms with Gasteiger partial charge in [-0.2, -0.15) is 0 Å². The Labute approximate surface area is 70.6 Å². The fourth-order valence-corrected chi connectivity index (χ4v) is 0.863. The van der Waals surface area contributed by atoms with Gasteiger partial charge in [0.05, 0.1) is 5.69 Å². The average molecular weight is 163 g/mol. The third-order valence-electron chi connectivity index (χ3n) is 1.56. The van der Waals surface area contributed by atoms with Gasteiger partial charge in [0, 0.05) is 0 Å². The second-order valence-corrected chi connectivity index (χ2v) is 2.45. The van der Waals surface area contributed by atoms with E-state index < -0.39 is 0 Å². The molecule has 0 fully saturated rings. The van der Waals surface area contributed by atoms with Crippen LogP contribution in [0.1, 0.15) is 5.56 Å². The van der Waals surface area contributed by atoms with Gasteiger partial charge in [-0.25, -0.2) is 0 Å². The quantitative estimate of drug-likeness (QED) is 0.626. The Kier molecular flexibility index (Phi) is 2.58. The Balaban J connectivity index is 2.94. The van der Waals surface area contributed by atoms with Crippen molar-refractivity contribution in [3.05, 3.63) is 29.8 Å². The number of rotatable bonds is 3. The van der Waals surface area contributed by atoms with Crippen molar-refractivity contribution in [2.45, 2.75) is 6.92 Å². The molecule has 0 atom stereocenters. The van der Waals surface area contributed by atoms with Gasteiger partial charge in [0.15, 0.2) is 0 Å². The van der Waals surface area contributed by atoms with Crippen molar-refractivity contribution in [1.29, 1.82) is 0 Å². The van der Waals surface area contributed by atoms with Crippen LogP contribution in [0.3, 0.4) is 0 Å². The van der Waals surface area contributed by atoms with Crippen LogP contribution in [0, 0.1) is 6.92 Å². The molecule has 1 aromatic rings. The van der Waals surface area contributed by atoms with Gasteiger partial charge in [0.1, 0.15) is 0 Å². The molecule has 0 aliphatic carbocycles. The van der Waals surface area contributed by atoms with Gasteiger partial charge in [0.2, 0.25) is 12.8 Å². The largest absolute Gasteiger partial charge is 0.278 e. The average Bonchev–Trinajstić information content (AvgIpc) is 2.10. The molecule has 0 heterocycles. The Hall–Kier alpha value is -1.64. The molecule has 0 bridgehead atoms. The summed E-state index contributed by atoms with van der Waals surface area (Å²) in [5.74, 6) is 0. The minimum Gasteiger partial charge on any atom is -0.278 e. The first kappa shape index (κ1) is 8.46. The van der Waals surface area contributed by atoms with Gasteiger partial charge >= 0.3 is 0 Å². The molecule has 0 N–H and O–H groups in total. The van der Waals surface area contributed by atoms with Gasteiger partial charge in [-0.3, -0.25) is 14.5 Å². The van der Waals surface area contributed by atoms with E-state index in [1.165, 1.54) is 0 Å². The maximum absolute atomic E-state index is 10.3. The van der Waals surface area contributed by atoms with Crippen LogP contribution in [0.5, 0.6) is 0 Å². The lowest BCUT2D eigenvalue weighted by Crippen LogP contribution is -2.17. The maximum atomic E-state index is 10.3. The minimum absolute atomic E-state index is 0.484. The van der Waals surface area contributed by atoms with Crippen LogP contribution in [0.25, 0.3) is 0 Å². The zero-order chi connectivity index (χ0) is 8.97. The monoisotopic (exact) mass is 163 g/mol. The Bertz CT molecular complexity index is 271. The molecule has 0 spiro atoms. The summed E-state index contributed by atoms with van der Waals surface area (Å²) in [6, 6.07) is 7.13. The summed E-state index contributed by atoms with van der Waals surface area (Å²) in [5, 5.41) is 0. The molecule has 3 heteroatoms. The van der Waals surface area contributed by atoms with Crippen molar-refractivity contribution < 1.29 is 9.59 Å². The maximum Gasteiger partial charge on any atom is 0.220 e. The molecule has 12 heavy (non-hydrogen) atoms. The summed E-state index contributed by atoms with van der Waals surface area (Å²) >= 11 is 0. The molecule has 3 nitrogen and oxygen atoms in total. The summed E-state index contributed by atoms with van der Waals surface area (Å²) in [5.41, 5.74) is 1.68. The summed E-state index contributed by atoms with van der Waals surface area (Å²) in [4.78, 5) is 21.6. The lowest BCUT2D eigenvalue weighted by molar-refractivity contribution is -0.113. The molecule has 0 saturated carbocycles. The van der Waals surface area contributed by atoms with Crippen LogP contribution >= 0.6 is 0 Å². The van der Waals surface area contributed by atoms with E-state index in [0.29, 0.717) is 18.5 Å². The van der Waals surface area contributed by atoms with Crippen molar-refractivity contribution in [3.63, 3.8) is 0 Å². The SMILES string of the molecule is Cc1ccc(N(C=O)C=O)cc1. The number of benzene rings is 1. The zero-order valence-electron chi connectivity index (χ0n) is 6.73. The number of nitrogens with zero attached hydrogens (tertiary/aromatic N) is 1. The highest BCUT2D eigenvalue weighted by Crippen LogP contribution is 2.11. The number of anilines is 1. The van der Waals surface area contributed by atoms with Crippen molar-refractivity contribution in [2.75, 3.05) is 4.90 Å². The molecule has 0 aromatic heterocycles. The third-order valence-corrected chi connectivity index (χ3v) is 1.56. The first-order valence-electron chi connectivity index (χ1n) is 3.53. The molecule has 0 saturated heterocycles. The number of aryl methyl sites for hydroxylation is 1. The van der Waals surface area contributed by atoms with Gasteiger partial charge < -0.3 is 0 Å². The van der Waals surface area contributed by atoms with Crippen molar-refractivity contribution in [3.8, 4) is 0 Å². The van der Waals surface area contributed by atoms with E-state index in [-0.39, 0.29) is 0 Å². The topological polar surface area (TPSA) is 37.4 Å². The van der Waals surface area contributed by atoms with Crippen LogP contribution in [0.4, 0.5) is 5.69 Å².